The van der Waals surface area contributed by atoms with Crippen LogP contribution in [0.1, 0.15) is 11.1 Å². The molecule has 0 N–H and O–H groups in total. The monoisotopic (exact) mass is 484 g/mol. The zero-order chi connectivity index (χ0) is 25.5. The van der Waals surface area contributed by atoms with Crippen LogP contribution >= 0.6 is 0 Å². The van der Waals surface area contributed by atoms with Gasteiger partial charge in [-0.15, -0.1) is 0 Å². The van der Waals surface area contributed by atoms with Crippen LogP contribution in [0.2, 0.25) is 0 Å². The first-order chi connectivity index (χ1) is 17.4. The molecule has 9 heteroatoms. The zero-order valence-corrected chi connectivity index (χ0v) is 18.9. The van der Waals surface area contributed by atoms with Crippen molar-refractivity contribution in [2.75, 3.05) is 0 Å². The highest BCUT2D eigenvalue weighted by atomic mass is 16.7. The quantitative estimate of drug-likeness (QED) is 0.155. The molecule has 0 spiro atoms. The second-order valence-corrected chi connectivity index (χ2v) is 7.75. The smallest absolute Gasteiger partial charge is 0.429 e. The first-order valence-corrected chi connectivity index (χ1v) is 10.9. The number of nitro groups is 2. The van der Waals surface area contributed by atoms with Crippen LogP contribution in [-0.4, -0.2) is 16.0 Å². The summed E-state index contributed by atoms with van der Waals surface area (Å²) in [5, 5.41) is 21.8. The summed E-state index contributed by atoms with van der Waals surface area (Å²) in [5.74, 6) is 0. The normalized spacial score (nSPS) is 10.4. The lowest BCUT2D eigenvalue weighted by Gasteiger charge is -2.12. The molecule has 0 saturated carbocycles. The zero-order valence-electron chi connectivity index (χ0n) is 18.9. The van der Waals surface area contributed by atoms with E-state index >= 15 is 0 Å². The van der Waals surface area contributed by atoms with E-state index in [0.29, 0.717) is 0 Å². The molecular weight excluding hydrogens is 464 g/mol. The number of benzene rings is 4. The largest absolute Gasteiger partial charge is 0.508 e. The second kappa shape index (κ2) is 10.9. The number of nitrogens with zero attached hydrogens (tertiary/aromatic N) is 2. The molecule has 4 aromatic rings. The number of rotatable bonds is 8. The number of hydrogen-bond donors (Lipinski definition) is 0. The predicted molar refractivity (Wildman–Crippen MR) is 132 cm³/mol. The Balaban J connectivity index is 1.40. The molecule has 4 aromatic carbocycles. The summed E-state index contributed by atoms with van der Waals surface area (Å²) in [4.78, 5) is 33.2. The van der Waals surface area contributed by atoms with Gasteiger partial charge in [0.25, 0.3) is 11.4 Å². The van der Waals surface area contributed by atoms with Gasteiger partial charge in [-0.2, -0.15) is 0 Å². The predicted octanol–water partition coefficient (Wildman–Crippen LogP) is 6.69. The Kier molecular flexibility index (Phi) is 7.30. The molecule has 9 nitrogen and oxygen atoms in total. The number of non-ortho nitro benzene ring substituents is 2. The molecule has 0 amide bonds. The third-order valence-electron chi connectivity index (χ3n) is 5.50. The van der Waals surface area contributed by atoms with Gasteiger partial charge in [0.05, 0.1) is 9.85 Å². The number of hydrogen-bond acceptors (Lipinski definition) is 7. The molecule has 0 atom stereocenters. The number of nitro benzene ring substituents is 2. The minimum absolute atomic E-state index is 0.00920. The van der Waals surface area contributed by atoms with E-state index in [9.17, 15) is 25.0 Å². The van der Waals surface area contributed by atoms with Crippen molar-refractivity contribution in [3.8, 4) is 22.3 Å². The lowest BCUT2D eigenvalue weighted by atomic mass is 10.00. The maximum atomic E-state index is 12.3. The van der Waals surface area contributed by atoms with Crippen LogP contribution < -0.4 is 0 Å². The van der Waals surface area contributed by atoms with Gasteiger partial charge in [0, 0.05) is 24.3 Å². The van der Waals surface area contributed by atoms with E-state index < -0.39 is 16.0 Å². The average Bonchev–Trinajstić information content (AvgIpc) is 2.91. The highest BCUT2D eigenvalue weighted by Crippen LogP contribution is 2.28. The van der Waals surface area contributed by atoms with Gasteiger partial charge in [0.1, 0.15) is 13.2 Å². The van der Waals surface area contributed by atoms with Crippen molar-refractivity contribution in [2.24, 2.45) is 0 Å². The molecule has 0 aliphatic rings. The Labute approximate surface area is 205 Å². The van der Waals surface area contributed by atoms with E-state index in [2.05, 4.69) is 0 Å². The molecular formula is C27H20N2O7. The van der Waals surface area contributed by atoms with Crippen molar-refractivity contribution in [2.45, 2.75) is 13.2 Å². The van der Waals surface area contributed by atoms with Gasteiger partial charge in [-0.3, -0.25) is 20.2 Å². The van der Waals surface area contributed by atoms with Gasteiger partial charge in [-0.25, -0.2) is 4.79 Å². The van der Waals surface area contributed by atoms with Crippen LogP contribution in [0.15, 0.2) is 97.1 Å². The van der Waals surface area contributed by atoms with E-state index in [0.717, 1.165) is 33.4 Å². The lowest BCUT2D eigenvalue weighted by molar-refractivity contribution is -0.385. The Bertz CT molecular complexity index is 1290. The molecule has 0 unspecified atom stereocenters. The van der Waals surface area contributed by atoms with Crippen LogP contribution in [-0.2, 0) is 22.7 Å². The standard InChI is InChI=1S/C27H20N2O7/c30-27(35-17-21-5-1-3-7-25(21)19-9-13-23(14-10-19)28(31)32)36-18-22-6-2-4-8-26(22)20-11-15-24(16-12-20)29(33)34/h1-16H,17-18H2. The molecule has 0 fully saturated rings. The van der Waals surface area contributed by atoms with Crippen LogP contribution in [0.5, 0.6) is 0 Å². The van der Waals surface area contributed by atoms with Gasteiger partial charge < -0.3 is 9.47 Å². The van der Waals surface area contributed by atoms with Crippen molar-refractivity contribution in [3.63, 3.8) is 0 Å². The first kappa shape index (κ1) is 24.1. The Hall–Kier alpha value is -5.05. The van der Waals surface area contributed by atoms with Gasteiger partial charge in [-0.1, -0.05) is 48.5 Å². The Morgan fingerprint density at radius 2 is 0.944 bits per heavy atom. The van der Waals surface area contributed by atoms with Crippen LogP contribution in [0.25, 0.3) is 22.3 Å². The minimum Gasteiger partial charge on any atom is -0.429 e. The van der Waals surface area contributed by atoms with Crippen LogP contribution in [0.3, 0.4) is 0 Å². The first-order valence-electron chi connectivity index (χ1n) is 10.9. The van der Waals surface area contributed by atoms with Crippen LogP contribution in [0, 0.1) is 20.2 Å². The van der Waals surface area contributed by atoms with E-state index in [1.165, 1.54) is 24.3 Å². The molecule has 180 valence electrons. The van der Waals surface area contributed by atoms with E-state index in [1.807, 2.05) is 24.3 Å². The van der Waals surface area contributed by atoms with Crippen molar-refractivity contribution >= 4 is 17.5 Å². The summed E-state index contributed by atoms with van der Waals surface area (Å²) in [7, 11) is 0. The molecule has 4 rings (SSSR count). The van der Waals surface area contributed by atoms with Gasteiger partial charge in [-0.05, 0) is 57.6 Å². The summed E-state index contributed by atoms with van der Waals surface area (Å²) >= 11 is 0. The maximum absolute atomic E-state index is 12.3. The number of carbonyl (C=O) groups is 1. The third kappa shape index (κ3) is 5.71. The van der Waals surface area contributed by atoms with Crippen molar-refractivity contribution in [1.29, 1.82) is 0 Å². The van der Waals surface area contributed by atoms with E-state index in [4.69, 9.17) is 9.47 Å². The maximum Gasteiger partial charge on any atom is 0.508 e. The molecule has 0 aliphatic carbocycles. The van der Waals surface area contributed by atoms with Gasteiger partial charge in [0.2, 0.25) is 0 Å². The minimum atomic E-state index is -0.855. The fraction of sp³-hybridized carbons (Fsp3) is 0.0741. The van der Waals surface area contributed by atoms with Crippen molar-refractivity contribution in [3.05, 3.63) is 128 Å². The average molecular weight is 484 g/mol. The summed E-state index contributed by atoms with van der Waals surface area (Å²) in [6, 6.07) is 26.8. The molecule has 0 radical (unpaired) electrons. The summed E-state index contributed by atoms with van der Waals surface area (Å²) in [5.41, 5.74) is 4.49. The second-order valence-electron chi connectivity index (χ2n) is 7.75. The highest BCUT2D eigenvalue weighted by Gasteiger charge is 2.13. The van der Waals surface area contributed by atoms with Crippen LogP contribution in [0.4, 0.5) is 16.2 Å². The lowest BCUT2D eigenvalue weighted by Crippen LogP contribution is -2.08. The van der Waals surface area contributed by atoms with E-state index in [1.54, 1.807) is 48.5 Å². The number of ether oxygens (including phenoxy) is 2. The molecule has 0 saturated heterocycles. The molecule has 0 heterocycles. The van der Waals surface area contributed by atoms with Crippen molar-refractivity contribution < 1.29 is 24.1 Å². The molecule has 0 aromatic heterocycles. The summed E-state index contributed by atoms with van der Waals surface area (Å²) < 4.78 is 10.6. The highest BCUT2D eigenvalue weighted by molar-refractivity contribution is 5.70. The Morgan fingerprint density at radius 3 is 1.31 bits per heavy atom. The number of carbonyl (C=O) groups excluding carboxylic acids is 1. The fourth-order valence-corrected chi connectivity index (χ4v) is 3.70. The topological polar surface area (TPSA) is 122 Å². The summed E-state index contributed by atoms with van der Waals surface area (Å²) in [6.45, 7) is -0.0913. The SMILES string of the molecule is O=C(OCc1ccccc1-c1ccc([N+](=O)[O-])cc1)OCc1ccccc1-c1ccc([N+](=O)[O-])cc1. The van der Waals surface area contributed by atoms with Gasteiger partial charge in [0.15, 0.2) is 0 Å². The fourth-order valence-electron chi connectivity index (χ4n) is 3.70. The van der Waals surface area contributed by atoms with Gasteiger partial charge >= 0.3 is 6.16 Å². The third-order valence-corrected chi connectivity index (χ3v) is 5.50. The Morgan fingerprint density at radius 1 is 0.583 bits per heavy atom. The van der Waals surface area contributed by atoms with E-state index in [-0.39, 0.29) is 24.6 Å². The van der Waals surface area contributed by atoms with Crippen molar-refractivity contribution in [1.82, 2.24) is 0 Å². The molecule has 0 aliphatic heterocycles. The molecule has 36 heavy (non-hydrogen) atoms. The summed E-state index contributed by atoms with van der Waals surface area (Å²) in [6.07, 6.45) is -0.855. The molecule has 0 bridgehead atoms.